The second-order valence-corrected chi connectivity index (χ2v) is 8.29. The van der Waals surface area contributed by atoms with Crippen molar-refractivity contribution < 1.29 is 4.74 Å². The number of fused-ring (bicyclic) bond motifs is 1. The Morgan fingerprint density at radius 1 is 1.38 bits per heavy atom. The summed E-state index contributed by atoms with van der Waals surface area (Å²) in [5, 5.41) is 4.88. The summed E-state index contributed by atoms with van der Waals surface area (Å²) in [5.41, 5.74) is 1.66. The number of rotatable bonds is 6. The summed E-state index contributed by atoms with van der Waals surface area (Å²) in [6.07, 6.45) is 5.16. The number of ether oxygens (including phenoxy) is 1. The van der Waals surface area contributed by atoms with Gasteiger partial charge in [0.1, 0.15) is 11.1 Å². The van der Waals surface area contributed by atoms with E-state index < -0.39 is 0 Å². The Bertz CT molecular complexity index is 493. The molecule has 21 heavy (non-hydrogen) atoms. The SMILES string of the molecule is CCNC1CC(C)(C)Cc2nc(C(OCC)C3CC3)sc21. The van der Waals surface area contributed by atoms with Crippen LogP contribution in [0.3, 0.4) is 0 Å². The average Bonchev–Trinajstić information content (AvgIpc) is 3.15. The molecular formula is C17H28N2OS. The molecule has 3 nitrogen and oxygen atoms in total. The van der Waals surface area contributed by atoms with Crippen molar-refractivity contribution in [3.05, 3.63) is 15.6 Å². The molecule has 1 aromatic heterocycles. The molecule has 1 saturated carbocycles. The van der Waals surface area contributed by atoms with Gasteiger partial charge in [-0.15, -0.1) is 11.3 Å². The lowest BCUT2D eigenvalue weighted by Crippen LogP contribution is -2.32. The molecule has 4 heteroatoms. The lowest BCUT2D eigenvalue weighted by molar-refractivity contribution is 0.0460. The first-order valence-corrected chi connectivity index (χ1v) is 9.20. The highest BCUT2D eigenvalue weighted by Crippen LogP contribution is 2.48. The molecule has 2 unspecified atom stereocenters. The van der Waals surface area contributed by atoms with Crippen molar-refractivity contribution in [2.24, 2.45) is 11.3 Å². The van der Waals surface area contributed by atoms with Crippen LogP contribution in [0.4, 0.5) is 0 Å². The molecule has 3 rings (SSSR count). The molecule has 1 fully saturated rings. The van der Waals surface area contributed by atoms with E-state index in [0.29, 0.717) is 17.4 Å². The Labute approximate surface area is 132 Å². The maximum absolute atomic E-state index is 6.00. The van der Waals surface area contributed by atoms with Gasteiger partial charge in [0.15, 0.2) is 0 Å². The van der Waals surface area contributed by atoms with Gasteiger partial charge in [-0.1, -0.05) is 20.8 Å². The standard InChI is InChI=1S/C17H28N2OS/c1-5-18-12-9-17(3,4)10-13-15(12)21-16(19-13)14(20-6-2)11-7-8-11/h11-12,14,18H,5-10H2,1-4H3. The number of nitrogens with zero attached hydrogens (tertiary/aromatic N) is 1. The first-order chi connectivity index (χ1) is 10.0. The molecule has 2 aliphatic rings. The van der Waals surface area contributed by atoms with Gasteiger partial charge in [0.25, 0.3) is 0 Å². The fraction of sp³-hybridized carbons (Fsp3) is 0.824. The van der Waals surface area contributed by atoms with Crippen molar-refractivity contribution >= 4 is 11.3 Å². The van der Waals surface area contributed by atoms with Crippen LogP contribution in [0.1, 0.15) is 74.7 Å². The van der Waals surface area contributed by atoms with Crippen LogP contribution in [0.25, 0.3) is 0 Å². The minimum atomic E-state index is 0.246. The van der Waals surface area contributed by atoms with Crippen molar-refractivity contribution in [1.29, 1.82) is 0 Å². The number of thiazole rings is 1. The molecule has 2 aliphatic carbocycles. The molecule has 2 atom stereocenters. The first kappa shape index (κ1) is 15.4. The number of aromatic nitrogens is 1. The van der Waals surface area contributed by atoms with Gasteiger partial charge in [-0.25, -0.2) is 4.98 Å². The molecular weight excluding hydrogens is 280 g/mol. The van der Waals surface area contributed by atoms with Crippen molar-refractivity contribution in [3.8, 4) is 0 Å². The summed E-state index contributed by atoms with van der Waals surface area (Å²) in [4.78, 5) is 6.48. The van der Waals surface area contributed by atoms with Gasteiger partial charge >= 0.3 is 0 Å². The third-order valence-corrected chi connectivity index (χ3v) is 5.83. The van der Waals surface area contributed by atoms with E-state index in [1.54, 1.807) is 0 Å². The molecule has 0 spiro atoms. The largest absolute Gasteiger partial charge is 0.371 e. The maximum Gasteiger partial charge on any atom is 0.122 e. The molecule has 0 saturated heterocycles. The summed E-state index contributed by atoms with van der Waals surface area (Å²) in [5.74, 6) is 0.711. The third kappa shape index (κ3) is 3.33. The van der Waals surface area contributed by atoms with E-state index in [0.717, 1.165) is 19.6 Å². The predicted molar refractivity (Wildman–Crippen MR) is 87.7 cm³/mol. The van der Waals surface area contributed by atoms with Gasteiger partial charge in [0.2, 0.25) is 0 Å². The van der Waals surface area contributed by atoms with Crippen LogP contribution in [0.5, 0.6) is 0 Å². The predicted octanol–water partition coefficient (Wildman–Crippen LogP) is 4.25. The monoisotopic (exact) mass is 308 g/mol. The summed E-state index contributed by atoms with van der Waals surface area (Å²) in [6, 6.07) is 0.474. The molecule has 1 N–H and O–H groups in total. The van der Waals surface area contributed by atoms with Gasteiger partial charge in [-0.2, -0.15) is 0 Å². The quantitative estimate of drug-likeness (QED) is 0.853. The van der Waals surface area contributed by atoms with Gasteiger partial charge in [-0.3, -0.25) is 0 Å². The molecule has 0 aromatic carbocycles. The van der Waals surface area contributed by atoms with E-state index in [4.69, 9.17) is 9.72 Å². The zero-order valence-corrected chi connectivity index (χ0v) is 14.6. The van der Waals surface area contributed by atoms with Crippen LogP contribution in [-0.2, 0) is 11.2 Å². The van der Waals surface area contributed by atoms with Gasteiger partial charge in [-0.05, 0) is 50.5 Å². The molecule has 0 amide bonds. The van der Waals surface area contributed by atoms with Crippen LogP contribution in [-0.4, -0.2) is 18.1 Å². The highest BCUT2D eigenvalue weighted by atomic mass is 32.1. The zero-order chi connectivity index (χ0) is 15.0. The number of nitrogens with one attached hydrogen (secondary N) is 1. The van der Waals surface area contributed by atoms with Gasteiger partial charge < -0.3 is 10.1 Å². The normalized spacial score (nSPS) is 25.6. The summed E-state index contributed by atoms with van der Waals surface area (Å²) in [6.45, 7) is 10.8. The molecule has 118 valence electrons. The van der Waals surface area contributed by atoms with Crippen molar-refractivity contribution in [2.75, 3.05) is 13.2 Å². The van der Waals surface area contributed by atoms with Crippen LogP contribution in [0.15, 0.2) is 0 Å². The van der Waals surface area contributed by atoms with E-state index in [9.17, 15) is 0 Å². The Morgan fingerprint density at radius 3 is 2.76 bits per heavy atom. The minimum absolute atomic E-state index is 0.246. The lowest BCUT2D eigenvalue weighted by atomic mass is 9.76. The fourth-order valence-corrected chi connectivity index (χ4v) is 4.77. The molecule has 1 heterocycles. The Hall–Kier alpha value is -0.450. The van der Waals surface area contributed by atoms with Gasteiger partial charge in [0.05, 0.1) is 5.69 Å². The van der Waals surface area contributed by atoms with E-state index in [-0.39, 0.29) is 6.10 Å². The highest BCUT2D eigenvalue weighted by molar-refractivity contribution is 7.12. The van der Waals surface area contributed by atoms with Crippen LogP contribution < -0.4 is 5.32 Å². The van der Waals surface area contributed by atoms with E-state index in [1.807, 2.05) is 11.3 Å². The topological polar surface area (TPSA) is 34.2 Å². The smallest absolute Gasteiger partial charge is 0.122 e. The molecule has 0 bridgehead atoms. The second kappa shape index (κ2) is 5.98. The van der Waals surface area contributed by atoms with E-state index in [1.165, 1.54) is 34.8 Å². The Balaban J connectivity index is 1.89. The van der Waals surface area contributed by atoms with Crippen molar-refractivity contribution in [1.82, 2.24) is 10.3 Å². The van der Waals surface area contributed by atoms with Crippen molar-refractivity contribution in [3.63, 3.8) is 0 Å². The number of hydrogen-bond acceptors (Lipinski definition) is 4. The second-order valence-electron chi connectivity index (χ2n) is 7.23. The average molecular weight is 308 g/mol. The number of hydrogen-bond donors (Lipinski definition) is 1. The third-order valence-electron chi connectivity index (χ3n) is 4.55. The lowest BCUT2D eigenvalue weighted by Gasteiger charge is -2.34. The van der Waals surface area contributed by atoms with Crippen LogP contribution in [0, 0.1) is 11.3 Å². The summed E-state index contributed by atoms with van der Waals surface area (Å²) < 4.78 is 6.00. The zero-order valence-electron chi connectivity index (χ0n) is 13.7. The first-order valence-electron chi connectivity index (χ1n) is 8.38. The molecule has 0 aliphatic heterocycles. The van der Waals surface area contributed by atoms with E-state index >= 15 is 0 Å². The fourth-order valence-electron chi connectivity index (χ4n) is 3.47. The van der Waals surface area contributed by atoms with Crippen LogP contribution in [0.2, 0.25) is 0 Å². The van der Waals surface area contributed by atoms with Crippen LogP contribution >= 0.6 is 11.3 Å². The molecule has 1 aromatic rings. The van der Waals surface area contributed by atoms with Crippen molar-refractivity contribution in [2.45, 2.75) is 65.5 Å². The summed E-state index contributed by atoms with van der Waals surface area (Å²) in [7, 11) is 0. The van der Waals surface area contributed by atoms with Gasteiger partial charge in [0, 0.05) is 17.5 Å². The maximum atomic E-state index is 6.00. The van der Waals surface area contributed by atoms with E-state index in [2.05, 4.69) is 33.0 Å². The minimum Gasteiger partial charge on any atom is -0.371 e. The Morgan fingerprint density at radius 2 is 2.14 bits per heavy atom. The Kier molecular flexibility index (Phi) is 4.40. The molecule has 0 radical (unpaired) electrons. The summed E-state index contributed by atoms with van der Waals surface area (Å²) >= 11 is 1.90. The highest BCUT2D eigenvalue weighted by Gasteiger charge is 2.39.